The molecular weight excluding hydrogens is 342 g/mol. The monoisotopic (exact) mass is 359 g/mol. The Hall–Kier alpha value is -2.87. The zero-order valence-electron chi connectivity index (χ0n) is 14.0. The number of fused-ring (bicyclic) bond motifs is 1. The third-order valence-electron chi connectivity index (χ3n) is 3.80. The van der Waals surface area contributed by atoms with E-state index >= 15 is 0 Å². The van der Waals surface area contributed by atoms with Crippen LogP contribution in [0, 0.1) is 0 Å². The van der Waals surface area contributed by atoms with Gasteiger partial charge < -0.3 is 9.47 Å². The molecule has 0 fully saturated rings. The minimum Gasteiger partial charge on any atom is -0.495 e. The van der Waals surface area contributed by atoms with Gasteiger partial charge in [-0.25, -0.2) is 13.4 Å². The quantitative estimate of drug-likeness (QED) is 0.696. The second-order valence-electron chi connectivity index (χ2n) is 5.24. The van der Waals surface area contributed by atoms with E-state index in [1.54, 1.807) is 6.07 Å². The molecular formula is C17H17N3O4S. The number of hydrogen-bond donors (Lipinski definition) is 0. The average Bonchev–Trinajstić information content (AvgIpc) is 2.66. The van der Waals surface area contributed by atoms with Crippen LogP contribution in [0.3, 0.4) is 0 Å². The highest BCUT2D eigenvalue weighted by atomic mass is 32.2. The predicted molar refractivity (Wildman–Crippen MR) is 94.7 cm³/mol. The van der Waals surface area contributed by atoms with Gasteiger partial charge in [-0.15, -0.1) is 0 Å². The van der Waals surface area contributed by atoms with Gasteiger partial charge in [-0.2, -0.15) is 0 Å². The molecule has 3 aromatic rings. The van der Waals surface area contributed by atoms with Crippen LogP contribution in [-0.4, -0.2) is 39.7 Å². The summed E-state index contributed by atoms with van der Waals surface area (Å²) in [5.74, 6) is 0.325. The highest BCUT2D eigenvalue weighted by Gasteiger charge is 2.27. The molecule has 25 heavy (non-hydrogen) atoms. The molecule has 0 bridgehead atoms. The van der Waals surface area contributed by atoms with Crippen molar-refractivity contribution in [2.24, 2.45) is 0 Å². The Morgan fingerprint density at radius 1 is 1.00 bits per heavy atom. The average molecular weight is 359 g/mol. The van der Waals surface area contributed by atoms with E-state index in [1.807, 2.05) is 24.3 Å². The third-order valence-corrected chi connectivity index (χ3v) is 5.58. The van der Waals surface area contributed by atoms with E-state index in [0.717, 1.165) is 15.2 Å². The van der Waals surface area contributed by atoms with Crippen molar-refractivity contribution in [3.05, 3.63) is 48.8 Å². The lowest BCUT2D eigenvalue weighted by atomic mass is 10.2. The second-order valence-corrected chi connectivity index (χ2v) is 7.18. The van der Waals surface area contributed by atoms with E-state index in [-0.39, 0.29) is 10.8 Å². The molecule has 0 aliphatic heterocycles. The molecule has 3 rings (SSSR count). The van der Waals surface area contributed by atoms with Crippen LogP contribution < -0.4 is 13.8 Å². The minimum absolute atomic E-state index is 0.00129. The van der Waals surface area contributed by atoms with Crippen molar-refractivity contribution in [3.8, 4) is 11.6 Å². The molecule has 0 atom stereocenters. The maximum atomic E-state index is 13.0. The summed E-state index contributed by atoms with van der Waals surface area (Å²) in [6.45, 7) is 0. The number of aromatic nitrogens is 2. The lowest BCUT2D eigenvalue weighted by molar-refractivity contribution is 0.375. The van der Waals surface area contributed by atoms with E-state index in [1.165, 1.54) is 39.7 Å². The second kappa shape index (κ2) is 6.56. The Morgan fingerprint density at radius 2 is 1.76 bits per heavy atom. The molecule has 1 aromatic carbocycles. The van der Waals surface area contributed by atoms with Gasteiger partial charge in [-0.1, -0.05) is 18.2 Å². The zero-order chi connectivity index (χ0) is 18.0. The van der Waals surface area contributed by atoms with Crippen LogP contribution in [0.2, 0.25) is 0 Å². The summed E-state index contributed by atoms with van der Waals surface area (Å²) in [6.07, 6.45) is 2.91. The largest absolute Gasteiger partial charge is 0.495 e. The van der Waals surface area contributed by atoms with Gasteiger partial charge in [0.15, 0.2) is 4.90 Å². The summed E-state index contributed by atoms with van der Waals surface area (Å²) in [6, 6.07) is 10.6. The maximum absolute atomic E-state index is 13.0. The van der Waals surface area contributed by atoms with Crippen molar-refractivity contribution in [3.63, 3.8) is 0 Å². The first-order valence-corrected chi connectivity index (χ1v) is 8.83. The molecule has 0 spiro atoms. The van der Waals surface area contributed by atoms with Crippen molar-refractivity contribution < 1.29 is 17.9 Å². The number of para-hydroxylation sites is 1. The lowest BCUT2D eigenvalue weighted by Gasteiger charge is -2.20. The summed E-state index contributed by atoms with van der Waals surface area (Å²) in [5.41, 5.74) is 1.22. The van der Waals surface area contributed by atoms with Gasteiger partial charge in [0.25, 0.3) is 10.0 Å². The molecule has 0 radical (unpaired) electrons. The highest BCUT2D eigenvalue weighted by molar-refractivity contribution is 7.92. The maximum Gasteiger partial charge on any atom is 0.269 e. The molecule has 0 amide bonds. The van der Waals surface area contributed by atoms with Gasteiger partial charge in [-0.3, -0.25) is 9.29 Å². The fourth-order valence-electron chi connectivity index (χ4n) is 2.38. The van der Waals surface area contributed by atoms with Gasteiger partial charge in [0, 0.05) is 18.5 Å². The molecule has 2 aromatic heterocycles. The molecule has 0 aliphatic carbocycles. The van der Waals surface area contributed by atoms with Crippen molar-refractivity contribution in [2.75, 3.05) is 25.6 Å². The summed E-state index contributed by atoms with van der Waals surface area (Å²) in [7, 11) is 0.356. The molecule has 0 aliphatic rings. The number of methoxy groups -OCH3 is 2. The zero-order valence-corrected chi connectivity index (χ0v) is 14.8. The van der Waals surface area contributed by atoms with Crippen molar-refractivity contribution in [1.29, 1.82) is 0 Å². The van der Waals surface area contributed by atoms with E-state index in [9.17, 15) is 8.42 Å². The lowest BCUT2D eigenvalue weighted by Crippen LogP contribution is -2.27. The Balaban J connectivity index is 2.09. The van der Waals surface area contributed by atoms with Crippen LogP contribution in [-0.2, 0) is 10.0 Å². The number of rotatable bonds is 5. The molecule has 0 N–H and O–H groups in total. The number of benzene rings is 1. The molecule has 130 valence electrons. The molecule has 0 saturated heterocycles. The predicted octanol–water partition coefficient (Wildman–Crippen LogP) is 2.47. The van der Waals surface area contributed by atoms with E-state index in [2.05, 4.69) is 9.97 Å². The van der Waals surface area contributed by atoms with E-state index in [4.69, 9.17) is 9.47 Å². The van der Waals surface area contributed by atoms with Gasteiger partial charge in [0.05, 0.1) is 37.8 Å². The summed E-state index contributed by atoms with van der Waals surface area (Å²) >= 11 is 0. The first kappa shape index (κ1) is 17.0. The van der Waals surface area contributed by atoms with Crippen LogP contribution >= 0.6 is 0 Å². The van der Waals surface area contributed by atoms with E-state index in [0.29, 0.717) is 11.4 Å². The van der Waals surface area contributed by atoms with Gasteiger partial charge in [-0.05, 0) is 12.1 Å². The first-order valence-electron chi connectivity index (χ1n) is 7.39. The number of sulfonamides is 1. The Morgan fingerprint density at radius 3 is 2.48 bits per heavy atom. The van der Waals surface area contributed by atoms with E-state index < -0.39 is 10.0 Å². The fraction of sp³-hybridized carbons (Fsp3) is 0.176. The van der Waals surface area contributed by atoms with Crippen LogP contribution in [0.5, 0.6) is 11.6 Å². The third kappa shape index (κ3) is 3.08. The number of hydrogen-bond acceptors (Lipinski definition) is 6. The van der Waals surface area contributed by atoms with Gasteiger partial charge >= 0.3 is 0 Å². The highest BCUT2D eigenvalue weighted by Crippen LogP contribution is 2.30. The number of pyridine rings is 2. The van der Waals surface area contributed by atoms with Crippen molar-refractivity contribution >= 4 is 26.6 Å². The molecule has 0 unspecified atom stereocenters. The molecule has 7 nitrogen and oxygen atoms in total. The van der Waals surface area contributed by atoms with Gasteiger partial charge in [0.1, 0.15) is 5.75 Å². The molecule has 0 saturated carbocycles. The Kier molecular flexibility index (Phi) is 4.45. The topological polar surface area (TPSA) is 81.6 Å². The van der Waals surface area contributed by atoms with Crippen LogP contribution in [0.1, 0.15) is 0 Å². The van der Waals surface area contributed by atoms with Crippen molar-refractivity contribution in [2.45, 2.75) is 4.90 Å². The van der Waals surface area contributed by atoms with Crippen LogP contribution in [0.15, 0.2) is 53.7 Å². The smallest absolute Gasteiger partial charge is 0.269 e. The summed E-state index contributed by atoms with van der Waals surface area (Å²) in [5, 5.41) is 0.845. The standard InChI is InChI=1S/C17H17N3O4S/c1-20(13-8-12-6-4-5-7-15(12)18-10-13)25(21,22)16-9-14(23-2)11-19-17(16)24-3/h4-11H,1-3H3. The minimum atomic E-state index is -3.91. The van der Waals surface area contributed by atoms with Crippen LogP contribution in [0.25, 0.3) is 10.9 Å². The van der Waals surface area contributed by atoms with Crippen LogP contribution in [0.4, 0.5) is 5.69 Å². The van der Waals surface area contributed by atoms with Crippen molar-refractivity contribution in [1.82, 2.24) is 9.97 Å². The number of anilines is 1. The first-order chi connectivity index (χ1) is 12.0. The Bertz CT molecular complexity index is 1020. The molecule has 2 heterocycles. The fourth-order valence-corrected chi connectivity index (χ4v) is 3.68. The number of nitrogens with zero attached hydrogens (tertiary/aromatic N) is 3. The summed E-state index contributed by atoms with van der Waals surface area (Å²) < 4.78 is 37.4. The summed E-state index contributed by atoms with van der Waals surface area (Å²) in [4.78, 5) is 8.22. The van der Waals surface area contributed by atoms with Gasteiger partial charge in [0.2, 0.25) is 5.88 Å². The normalized spacial score (nSPS) is 11.3. The molecule has 8 heteroatoms. The Labute approximate surface area is 145 Å². The number of ether oxygens (including phenoxy) is 2. The SMILES string of the molecule is COc1cnc(OC)c(S(=O)(=O)N(C)c2cnc3ccccc3c2)c1.